The Kier molecular flexibility index (Phi) is 8.29. The number of fused-ring (bicyclic) bond motifs is 2. The summed E-state index contributed by atoms with van der Waals surface area (Å²) in [5, 5.41) is 26.5. The Morgan fingerprint density at radius 1 is 1.36 bits per heavy atom. The molecule has 0 bridgehead atoms. The number of nitrogens with one attached hydrogen (secondary N) is 1. The number of esters is 1. The van der Waals surface area contributed by atoms with Crippen LogP contribution in [-0.4, -0.2) is 65.9 Å². The molecule has 11 heteroatoms. The lowest BCUT2D eigenvalue weighted by molar-refractivity contribution is -0.125. The standard InChI is InChI=1S/C22H24ClFN2O7/c1-12-8-18-17(33-18)5-3-2-4-13(26-31-11-19(29)25-7-6-24)9-14-20(22(30)32-12)15(27)10-16(28)21(14)23/h2-5,10,12,17-18,27-28H,6-9,11H2,1H3,(H,25,29)/t12-,17-,18-/m1/s1/i24-1. The van der Waals surface area contributed by atoms with Gasteiger partial charge in [-0.25, -0.2) is 9.18 Å². The highest BCUT2D eigenvalue weighted by atomic mass is 35.5. The number of carbonyl (C=O) groups excluding carboxylic acids is 2. The maximum atomic E-state index is 12.9. The number of ether oxygens (including phenoxy) is 2. The second-order valence-electron chi connectivity index (χ2n) is 7.49. The van der Waals surface area contributed by atoms with Crippen molar-refractivity contribution in [3.05, 3.63) is 46.5 Å². The molecule has 2 aliphatic rings. The van der Waals surface area contributed by atoms with Gasteiger partial charge in [-0.3, -0.25) is 4.79 Å². The van der Waals surface area contributed by atoms with E-state index in [-0.39, 0.29) is 47.0 Å². The quantitative estimate of drug-likeness (QED) is 0.335. The lowest BCUT2D eigenvalue weighted by Crippen LogP contribution is -2.28. The maximum absolute atomic E-state index is 12.9. The van der Waals surface area contributed by atoms with Gasteiger partial charge in [0.15, 0.2) is 6.61 Å². The summed E-state index contributed by atoms with van der Waals surface area (Å²) in [5.74, 6) is -2.33. The summed E-state index contributed by atoms with van der Waals surface area (Å²) in [6.07, 6.45) is 6.41. The highest BCUT2D eigenvalue weighted by Crippen LogP contribution is 2.38. The number of cyclic esters (lactones) is 1. The normalized spacial score (nSPS) is 23.8. The number of benzene rings is 1. The van der Waals surface area contributed by atoms with Crippen molar-refractivity contribution in [2.24, 2.45) is 5.16 Å². The van der Waals surface area contributed by atoms with Crippen molar-refractivity contribution in [2.45, 2.75) is 38.1 Å². The van der Waals surface area contributed by atoms with Crippen LogP contribution in [0.1, 0.15) is 29.3 Å². The van der Waals surface area contributed by atoms with Gasteiger partial charge in [0.25, 0.3) is 5.91 Å². The van der Waals surface area contributed by atoms with Crippen LogP contribution in [0.4, 0.5) is 4.39 Å². The molecule has 3 rings (SSSR count). The first-order chi connectivity index (χ1) is 15.8. The van der Waals surface area contributed by atoms with E-state index < -0.39 is 42.8 Å². The number of oxime groups is 1. The topological polar surface area (TPSA) is 130 Å². The van der Waals surface area contributed by atoms with Crippen LogP contribution in [0.5, 0.6) is 11.5 Å². The van der Waals surface area contributed by atoms with Crippen LogP contribution in [-0.2, 0) is 25.5 Å². The third-order valence-electron chi connectivity index (χ3n) is 4.87. The molecule has 0 radical (unpaired) electrons. The molecule has 2 heterocycles. The van der Waals surface area contributed by atoms with Crippen LogP contribution in [0.2, 0.25) is 5.02 Å². The SMILES string of the molecule is C[C@@H]1C[C@H]2O[C@@H]2C=CC=CC(=NOCC(=O)NCC[18F])Cc2c(Cl)c(O)cc(O)c2C(=O)O1. The number of phenolic OH excluding ortho intramolecular Hbond substituents is 2. The number of phenols is 2. The number of nitrogens with zero attached hydrogens (tertiary/aromatic N) is 1. The molecule has 9 nitrogen and oxygen atoms in total. The Hall–Kier alpha value is -3.11. The number of halogens is 2. The molecule has 1 aromatic carbocycles. The minimum Gasteiger partial charge on any atom is -0.507 e. The molecule has 0 unspecified atom stereocenters. The highest BCUT2D eigenvalue weighted by molar-refractivity contribution is 6.33. The van der Waals surface area contributed by atoms with Gasteiger partial charge in [0.1, 0.15) is 35.9 Å². The van der Waals surface area contributed by atoms with E-state index in [0.29, 0.717) is 6.42 Å². The van der Waals surface area contributed by atoms with Crippen molar-refractivity contribution in [3.63, 3.8) is 0 Å². The first-order valence-corrected chi connectivity index (χ1v) is 10.6. The summed E-state index contributed by atoms with van der Waals surface area (Å²) in [6.45, 7) is 0.392. The molecule has 3 atom stereocenters. The Balaban J connectivity index is 1.93. The van der Waals surface area contributed by atoms with E-state index in [0.717, 1.165) is 6.07 Å². The molecule has 0 aliphatic carbocycles. The van der Waals surface area contributed by atoms with E-state index >= 15 is 0 Å². The first-order valence-electron chi connectivity index (χ1n) is 10.3. The number of rotatable bonds is 5. The number of amides is 1. The molecule has 1 fully saturated rings. The third-order valence-corrected chi connectivity index (χ3v) is 5.29. The molecule has 1 amide bonds. The Labute approximate surface area is 194 Å². The van der Waals surface area contributed by atoms with Gasteiger partial charge in [-0.15, -0.1) is 0 Å². The zero-order valence-corrected chi connectivity index (χ0v) is 18.5. The average Bonchev–Trinajstić information content (AvgIpc) is 3.49. The average molecular weight is 482 g/mol. The monoisotopic (exact) mass is 481 g/mol. The fourth-order valence-corrected chi connectivity index (χ4v) is 3.48. The van der Waals surface area contributed by atoms with E-state index in [1.54, 1.807) is 25.2 Å². The van der Waals surface area contributed by atoms with Crippen LogP contribution in [0.3, 0.4) is 0 Å². The predicted molar refractivity (Wildman–Crippen MR) is 117 cm³/mol. The molecule has 0 aromatic heterocycles. The third kappa shape index (κ3) is 6.69. The number of hydrogen-bond acceptors (Lipinski definition) is 8. The van der Waals surface area contributed by atoms with Gasteiger partial charge >= 0.3 is 5.97 Å². The number of hydrogen-bond donors (Lipinski definition) is 3. The fourth-order valence-electron chi connectivity index (χ4n) is 3.26. The number of epoxide rings is 1. The first kappa shape index (κ1) is 24.5. The Bertz CT molecular complexity index is 995. The smallest absolute Gasteiger partial charge is 0.342 e. The Morgan fingerprint density at radius 3 is 2.91 bits per heavy atom. The van der Waals surface area contributed by atoms with Gasteiger partial charge < -0.3 is 29.8 Å². The number of carbonyl (C=O) groups is 2. The Morgan fingerprint density at radius 2 is 2.15 bits per heavy atom. The summed E-state index contributed by atoms with van der Waals surface area (Å²) < 4.78 is 23.2. The molecule has 1 saturated heterocycles. The number of alkyl halides is 1. The molecule has 2 aliphatic heterocycles. The van der Waals surface area contributed by atoms with Crippen LogP contribution < -0.4 is 5.32 Å². The zero-order valence-electron chi connectivity index (χ0n) is 17.8. The van der Waals surface area contributed by atoms with E-state index in [1.807, 2.05) is 6.08 Å². The van der Waals surface area contributed by atoms with E-state index in [9.17, 15) is 24.2 Å². The van der Waals surface area contributed by atoms with Gasteiger partial charge in [0.05, 0.1) is 16.8 Å². The number of aromatic hydroxyl groups is 2. The summed E-state index contributed by atoms with van der Waals surface area (Å²) in [7, 11) is 0. The fraction of sp³-hybridized carbons (Fsp3) is 0.409. The molecular formula is C22H24ClFN2O7. The largest absolute Gasteiger partial charge is 0.507 e. The molecular weight excluding hydrogens is 458 g/mol. The van der Waals surface area contributed by atoms with E-state index in [4.69, 9.17) is 25.9 Å². The van der Waals surface area contributed by atoms with Crippen molar-refractivity contribution >= 4 is 29.2 Å². The number of allylic oxidation sites excluding steroid dienone is 3. The molecule has 3 N–H and O–H groups in total. The van der Waals surface area contributed by atoms with Gasteiger partial charge in [-0.1, -0.05) is 35.0 Å². The van der Waals surface area contributed by atoms with Gasteiger partial charge in [-0.2, -0.15) is 0 Å². The van der Waals surface area contributed by atoms with Crippen molar-refractivity contribution in [2.75, 3.05) is 19.8 Å². The van der Waals surface area contributed by atoms with Crippen LogP contribution in [0.25, 0.3) is 0 Å². The molecule has 0 saturated carbocycles. The molecule has 178 valence electrons. The van der Waals surface area contributed by atoms with Crippen molar-refractivity contribution in [3.8, 4) is 11.5 Å². The summed E-state index contributed by atoms with van der Waals surface area (Å²) in [4.78, 5) is 29.5. The van der Waals surface area contributed by atoms with Crippen LogP contribution in [0, 0.1) is 0 Å². The van der Waals surface area contributed by atoms with Crippen molar-refractivity contribution < 1.29 is 38.5 Å². The minimum atomic E-state index is -0.823. The zero-order chi connectivity index (χ0) is 24.0. The van der Waals surface area contributed by atoms with Crippen molar-refractivity contribution in [1.29, 1.82) is 0 Å². The summed E-state index contributed by atoms with van der Waals surface area (Å²) >= 11 is 6.25. The van der Waals surface area contributed by atoms with E-state index in [2.05, 4.69) is 10.5 Å². The van der Waals surface area contributed by atoms with Crippen LogP contribution in [0.15, 0.2) is 35.5 Å². The lowest BCUT2D eigenvalue weighted by Gasteiger charge is -2.17. The summed E-state index contributed by atoms with van der Waals surface area (Å²) in [6, 6.07) is 0.956. The predicted octanol–water partition coefficient (Wildman–Crippen LogP) is 2.58. The summed E-state index contributed by atoms with van der Waals surface area (Å²) in [5.41, 5.74) is 0.0754. The maximum Gasteiger partial charge on any atom is 0.342 e. The molecule has 33 heavy (non-hydrogen) atoms. The second kappa shape index (κ2) is 11.2. The van der Waals surface area contributed by atoms with Gasteiger partial charge in [0.2, 0.25) is 0 Å². The van der Waals surface area contributed by atoms with Gasteiger partial charge in [0, 0.05) is 25.5 Å². The second-order valence-corrected chi connectivity index (χ2v) is 7.87. The van der Waals surface area contributed by atoms with Gasteiger partial charge in [-0.05, 0) is 18.6 Å². The van der Waals surface area contributed by atoms with Crippen molar-refractivity contribution in [1.82, 2.24) is 5.32 Å². The van der Waals surface area contributed by atoms with Crippen LogP contribution >= 0.6 is 11.6 Å². The minimum absolute atomic E-state index is 0.0711. The molecule has 1 aromatic rings. The molecule has 0 spiro atoms. The van der Waals surface area contributed by atoms with E-state index in [1.165, 1.54) is 0 Å². The highest BCUT2D eigenvalue weighted by Gasteiger charge is 2.38. The lowest BCUT2D eigenvalue weighted by atomic mass is 9.99.